The molecule has 4 rings (SSSR count). The average Bonchev–Trinajstić information content (AvgIpc) is 3.16. The summed E-state index contributed by atoms with van der Waals surface area (Å²) >= 11 is 5.93. The highest BCUT2D eigenvalue weighted by Gasteiger charge is 2.27. The maximum atomic E-state index is 13.0. The second-order valence-corrected chi connectivity index (χ2v) is 7.11. The smallest absolute Gasteiger partial charge is 0.259 e. The van der Waals surface area contributed by atoms with Crippen LogP contribution in [-0.4, -0.2) is 28.8 Å². The molecule has 1 aromatic heterocycles. The predicted molar refractivity (Wildman–Crippen MR) is 108 cm³/mol. The molecule has 27 heavy (non-hydrogen) atoms. The van der Waals surface area contributed by atoms with E-state index in [1.807, 2.05) is 35.0 Å². The second kappa shape index (κ2) is 7.94. The summed E-state index contributed by atoms with van der Waals surface area (Å²) in [5.74, 6) is 0.146. The van der Waals surface area contributed by atoms with Crippen LogP contribution in [0.1, 0.15) is 34.8 Å². The zero-order valence-corrected chi connectivity index (χ0v) is 15.6. The fraction of sp³-hybridized carbons (Fsp3) is 0.238. The van der Waals surface area contributed by atoms with Crippen molar-refractivity contribution in [2.75, 3.05) is 18.4 Å². The van der Waals surface area contributed by atoms with Crippen LogP contribution in [0.4, 0.5) is 5.69 Å². The molecule has 1 aliphatic rings. The number of aromatic nitrogens is 2. The van der Waals surface area contributed by atoms with Crippen molar-refractivity contribution in [3.8, 4) is 5.69 Å². The molecule has 2 N–H and O–H groups in total. The summed E-state index contributed by atoms with van der Waals surface area (Å²) in [7, 11) is 0. The lowest BCUT2D eigenvalue weighted by Gasteiger charge is -2.24. The maximum Gasteiger partial charge on any atom is 0.259 e. The molecule has 0 bridgehead atoms. The standard InChI is InChI=1S/C21H21ClN4O/c22-16-6-8-17(9-7-16)25-21(27)19-14-24-26(18-4-2-1-3-5-18)20(19)15-10-12-23-13-11-15/h1-9,14-15,23H,10-13H2,(H,25,27). The van der Waals surface area contributed by atoms with E-state index >= 15 is 0 Å². The van der Waals surface area contributed by atoms with Crippen molar-refractivity contribution in [2.24, 2.45) is 0 Å². The van der Waals surface area contributed by atoms with Gasteiger partial charge in [-0.15, -0.1) is 0 Å². The molecule has 1 saturated heterocycles. The van der Waals surface area contributed by atoms with Gasteiger partial charge in [0.1, 0.15) is 0 Å². The predicted octanol–water partition coefficient (Wildman–Crippen LogP) is 4.25. The number of carbonyl (C=O) groups is 1. The number of amides is 1. The van der Waals surface area contributed by atoms with Gasteiger partial charge in [-0.3, -0.25) is 4.79 Å². The molecule has 1 aliphatic heterocycles. The summed E-state index contributed by atoms with van der Waals surface area (Å²) < 4.78 is 1.91. The lowest BCUT2D eigenvalue weighted by Crippen LogP contribution is -2.29. The zero-order chi connectivity index (χ0) is 18.6. The lowest BCUT2D eigenvalue weighted by atomic mass is 9.91. The summed E-state index contributed by atoms with van der Waals surface area (Å²) in [6.07, 6.45) is 3.65. The number of para-hydroxylation sites is 1. The average molecular weight is 381 g/mol. The molecule has 2 aromatic carbocycles. The molecule has 0 spiro atoms. The molecule has 6 heteroatoms. The van der Waals surface area contributed by atoms with E-state index in [0.29, 0.717) is 22.2 Å². The van der Waals surface area contributed by atoms with Crippen LogP contribution in [0.3, 0.4) is 0 Å². The van der Waals surface area contributed by atoms with E-state index in [0.717, 1.165) is 37.3 Å². The molecule has 2 heterocycles. The molecule has 1 amide bonds. The van der Waals surface area contributed by atoms with Gasteiger partial charge in [-0.25, -0.2) is 4.68 Å². The Morgan fingerprint density at radius 1 is 1.07 bits per heavy atom. The molecule has 3 aromatic rings. The molecule has 0 unspecified atom stereocenters. The van der Waals surface area contributed by atoms with E-state index in [2.05, 4.69) is 15.7 Å². The Labute approximate surface area is 163 Å². The minimum atomic E-state index is -0.145. The Kier molecular flexibility index (Phi) is 5.23. The first kappa shape index (κ1) is 17.8. The molecular weight excluding hydrogens is 360 g/mol. The van der Waals surface area contributed by atoms with Crippen LogP contribution >= 0.6 is 11.6 Å². The minimum absolute atomic E-state index is 0.145. The number of hydrogen-bond acceptors (Lipinski definition) is 3. The highest BCUT2D eigenvalue weighted by molar-refractivity contribution is 6.30. The first-order valence-electron chi connectivity index (χ1n) is 9.13. The van der Waals surface area contributed by atoms with Gasteiger partial charge in [-0.05, 0) is 62.3 Å². The van der Waals surface area contributed by atoms with Crippen LogP contribution in [0, 0.1) is 0 Å². The fourth-order valence-electron chi connectivity index (χ4n) is 3.53. The van der Waals surface area contributed by atoms with Crippen LogP contribution in [0.2, 0.25) is 5.02 Å². The van der Waals surface area contributed by atoms with Crippen molar-refractivity contribution in [1.29, 1.82) is 0 Å². The number of nitrogens with zero attached hydrogens (tertiary/aromatic N) is 2. The van der Waals surface area contributed by atoms with Gasteiger partial charge in [0, 0.05) is 16.6 Å². The van der Waals surface area contributed by atoms with Crippen molar-refractivity contribution in [2.45, 2.75) is 18.8 Å². The minimum Gasteiger partial charge on any atom is -0.322 e. The van der Waals surface area contributed by atoms with E-state index in [-0.39, 0.29) is 5.91 Å². The maximum absolute atomic E-state index is 13.0. The monoisotopic (exact) mass is 380 g/mol. The molecule has 0 atom stereocenters. The molecule has 0 saturated carbocycles. The van der Waals surface area contributed by atoms with E-state index in [1.165, 1.54) is 0 Å². The summed E-state index contributed by atoms with van der Waals surface area (Å²) in [5.41, 5.74) is 3.29. The number of hydrogen-bond donors (Lipinski definition) is 2. The fourth-order valence-corrected chi connectivity index (χ4v) is 3.65. The first-order chi connectivity index (χ1) is 13.2. The van der Waals surface area contributed by atoms with E-state index in [4.69, 9.17) is 11.6 Å². The number of carbonyl (C=O) groups excluding carboxylic acids is 1. The number of benzene rings is 2. The molecular formula is C21H21ClN4O. The van der Waals surface area contributed by atoms with Crippen molar-refractivity contribution in [3.63, 3.8) is 0 Å². The zero-order valence-electron chi connectivity index (χ0n) is 14.9. The van der Waals surface area contributed by atoms with E-state index < -0.39 is 0 Å². The summed E-state index contributed by atoms with van der Waals surface area (Å²) in [6.45, 7) is 1.89. The highest BCUT2D eigenvalue weighted by Crippen LogP contribution is 2.30. The SMILES string of the molecule is O=C(Nc1ccc(Cl)cc1)c1cnn(-c2ccccc2)c1C1CCNCC1. The Morgan fingerprint density at radius 3 is 2.48 bits per heavy atom. The number of nitrogens with one attached hydrogen (secondary N) is 2. The van der Waals surface area contributed by atoms with Gasteiger partial charge in [0.15, 0.2) is 0 Å². The van der Waals surface area contributed by atoms with Crippen LogP contribution in [0.5, 0.6) is 0 Å². The Morgan fingerprint density at radius 2 is 1.78 bits per heavy atom. The largest absolute Gasteiger partial charge is 0.322 e. The summed E-state index contributed by atoms with van der Waals surface area (Å²) in [5, 5.41) is 11.5. The van der Waals surface area contributed by atoms with Crippen molar-refractivity contribution >= 4 is 23.2 Å². The second-order valence-electron chi connectivity index (χ2n) is 6.68. The lowest BCUT2D eigenvalue weighted by molar-refractivity contribution is 0.102. The molecule has 0 aliphatic carbocycles. The van der Waals surface area contributed by atoms with Crippen molar-refractivity contribution < 1.29 is 4.79 Å². The first-order valence-corrected chi connectivity index (χ1v) is 9.51. The Balaban J connectivity index is 1.70. The third kappa shape index (κ3) is 3.89. The van der Waals surface area contributed by atoms with Crippen molar-refractivity contribution in [1.82, 2.24) is 15.1 Å². The van der Waals surface area contributed by atoms with Gasteiger partial charge in [-0.2, -0.15) is 5.10 Å². The van der Waals surface area contributed by atoms with E-state index in [9.17, 15) is 4.79 Å². The van der Waals surface area contributed by atoms with Gasteiger partial charge >= 0.3 is 0 Å². The summed E-state index contributed by atoms with van der Waals surface area (Å²) in [4.78, 5) is 13.0. The Bertz CT molecular complexity index is 915. The third-order valence-electron chi connectivity index (χ3n) is 4.88. The van der Waals surface area contributed by atoms with Crippen LogP contribution in [-0.2, 0) is 0 Å². The van der Waals surface area contributed by atoms with Crippen LogP contribution in [0.15, 0.2) is 60.8 Å². The van der Waals surface area contributed by atoms with Crippen molar-refractivity contribution in [3.05, 3.63) is 77.1 Å². The van der Waals surface area contributed by atoms with Gasteiger partial charge in [0.2, 0.25) is 0 Å². The van der Waals surface area contributed by atoms with Gasteiger partial charge < -0.3 is 10.6 Å². The van der Waals surface area contributed by atoms with Gasteiger partial charge in [-0.1, -0.05) is 29.8 Å². The molecule has 0 radical (unpaired) electrons. The molecule has 5 nitrogen and oxygen atoms in total. The Hall–Kier alpha value is -2.63. The molecule has 1 fully saturated rings. The topological polar surface area (TPSA) is 59.0 Å². The van der Waals surface area contributed by atoms with E-state index in [1.54, 1.807) is 30.5 Å². The van der Waals surface area contributed by atoms with Crippen LogP contribution < -0.4 is 10.6 Å². The number of rotatable bonds is 4. The number of halogens is 1. The molecule has 138 valence electrons. The normalized spacial score (nSPS) is 14.9. The third-order valence-corrected chi connectivity index (χ3v) is 5.13. The van der Waals surface area contributed by atoms with Crippen LogP contribution in [0.25, 0.3) is 5.69 Å². The summed E-state index contributed by atoms with van der Waals surface area (Å²) in [6, 6.07) is 17.1. The van der Waals surface area contributed by atoms with Gasteiger partial charge in [0.25, 0.3) is 5.91 Å². The quantitative estimate of drug-likeness (QED) is 0.711. The highest BCUT2D eigenvalue weighted by atomic mass is 35.5. The number of anilines is 1. The van der Waals surface area contributed by atoms with Gasteiger partial charge in [0.05, 0.1) is 23.1 Å². The number of piperidine rings is 1.